The maximum Gasteiger partial charge on any atom is 0.191 e. The van der Waals surface area contributed by atoms with Crippen molar-refractivity contribution >= 4 is 41.7 Å². The molecule has 0 saturated heterocycles. The summed E-state index contributed by atoms with van der Waals surface area (Å²) < 4.78 is 0. The van der Waals surface area contributed by atoms with E-state index >= 15 is 0 Å². The molecule has 130 valence electrons. The van der Waals surface area contributed by atoms with E-state index in [0.29, 0.717) is 12.6 Å². The van der Waals surface area contributed by atoms with E-state index in [0.717, 1.165) is 23.4 Å². The molecule has 2 unspecified atom stereocenters. The Morgan fingerprint density at radius 3 is 2.96 bits per heavy atom. The molecule has 1 fully saturated rings. The molecule has 1 saturated carbocycles. The van der Waals surface area contributed by atoms with Crippen LogP contribution in [0, 0.1) is 6.92 Å². The third kappa shape index (κ3) is 6.87. The number of pyridine rings is 1. The minimum Gasteiger partial charge on any atom is -0.357 e. The molecule has 2 rings (SSSR count). The van der Waals surface area contributed by atoms with Crippen molar-refractivity contribution in [1.29, 1.82) is 0 Å². The van der Waals surface area contributed by atoms with Crippen molar-refractivity contribution in [3.05, 3.63) is 29.6 Å². The quantitative estimate of drug-likeness (QED) is 0.410. The van der Waals surface area contributed by atoms with Crippen molar-refractivity contribution in [3.63, 3.8) is 0 Å². The Balaban J connectivity index is 0.00000264. The average Bonchev–Trinajstić information content (AvgIpc) is 2.54. The fourth-order valence-electron chi connectivity index (χ4n) is 2.84. The smallest absolute Gasteiger partial charge is 0.191 e. The number of aryl methyl sites for hydroxylation is 1. The van der Waals surface area contributed by atoms with Gasteiger partial charge in [0.25, 0.3) is 0 Å². The van der Waals surface area contributed by atoms with E-state index in [-0.39, 0.29) is 24.0 Å². The summed E-state index contributed by atoms with van der Waals surface area (Å²) in [6, 6.07) is 4.59. The minimum absolute atomic E-state index is 0. The topological polar surface area (TPSA) is 49.3 Å². The molecule has 0 aromatic carbocycles. The van der Waals surface area contributed by atoms with Crippen molar-refractivity contribution in [1.82, 2.24) is 15.6 Å². The van der Waals surface area contributed by atoms with Crippen LogP contribution in [0.4, 0.5) is 0 Å². The van der Waals surface area contributed by atoms with Gasteiger partial charge >= 0.3 is 0 Å². The summed E-state index contributed by atoms with van der Waals surface area (Å²) in [5, 5.41) is 7.75. The average molecular weight is 448 g/mol. The number of hydrogen-bond acceptors (Lipinski definition) is 3. The van der Waals surface area contributed by atoms with Crippen molar-refractivity contribution in [2.24, 2.45) is 4.99 Å². The summed E-state index contributed by atoms with van der Waals surface area (Å²) in [6.45, 7) is 5.70. The summed E-state index contributed by atoms with van der Waals surface area (Å²) in [7, 11) is 0. The molecule has 0 radical (unpaired) electrons. The monoisotopic (exact) mass is 448 g/mol. The van der Waals surface area contributed by atoms with Gasteiger partial charge < -0.3 is 10.6 Å². The minimum atomic E-state index is 0. The molecule has 4 nitrogen and oxygen atoms in total. The number of nitrogens with zero attached hydrogens (tertiary/aromatic N) is 2. The Hall–Kier alpha value is -0.500. The second-order valence-corrected chi connectivity index (χ2v) is 6.97. The van der Waals surface area contributed by atoms with Crippen LogP contribution in [0.15, 0.2) is 23.3 Å². The Labute approximate surface area is 161 Å². The SMILES string of the molecule is CCNC(=NCc1ncccc1C)NC1CCCC(SC)C1.I. The van der Waals surface area contributed by atoms with Gasteiger partial charge in [-0.15, -0.1) is 24.0 Å². The first-order valence-electron chi connectivity index (χ1n) is 8.21. The molecule has 23 heavy (non-hydrogen) atoms. The number of aliphatic imine (C=N–C) groups is 1. The normalized spacial score (nSPS) is 21.4. The first kappa shape index (κ1) is 20.5. The lowest BCUT2D eigenvalue weighted by Gasteiger charge is -2.29. The van der Waals surface area contributed by atoms with E-state index in [4.69, 9.17) is 4.99 Å². The Kier molecular flexibility index (Phi) is 9.94. The van der Waals surface area contributed by atoms with E-state index in [1.54, 1.807) is 0 Å². The number of hydrogen-bond donors (Lipinski definition) is 2. The molecule has 1 heterocycles. The maximum absolute atomic E-state index is 4.71. The Morgan fingerprint density at radius 2 is 2.26 bits per heavy atom. The van der Waals surface area contributed by atoms with Crippen LogP contribution in [0.1, 0.15) is 43.9 Å². The highest BCUT2D eigenvalue weighted by molar-refractivity contribution is 14.0. The van der Waals surface area contributed by atoms with E-state index < -0.39 is 0 Å². The van der Waals surface area contributed by atoms with E-state index in [1.807, 2.05) is 24.0 Å². The van der Waals surface area contributed by atoms with Crippen molar-refractivity contribution < 1.29 is 0 Å². The van der Waals surface area contributed by atoms with Crippen LogP contribution in [-0.4, -0.2) is 35.0 Å². The van der Waals surface area contributed by atoms with Gasteiger partial charge in [-0.25, -0.2) is 4.99 Å². The number of nitrogens with one attached hydrogen (secondary N) is 2. The highest BCUT2D eigenvalue weighted by Crippen LogP contribution is 2.26. The maximum atomic E-state index is 4.71. The van der Waals surface area contributed by atoms with Crippen LogP contribution >= 0.6 is 35.7 Å². The van der Waals surface area contributed by atoms with Gasteiger partial charge in [0.1, 0.15) is 0 Å². The second-order valence-electron chi connectivity index (χ2n) is 5.83. The molecule has 6 heteroatoms. The molecule has 1 aliphatic rings. The zero-order valence-electron chi connectivity index (χ0n) is 14.3. The number of rotatable bonds is 5. The van der Waals surface area contributed by atoms with Gasteiger partial charge in [0.05, 0.1) is 12.2 Å². The molecule has 0 amide bonds. The fraction of sp³-hybridized carbons (Fsp3) is 0.647. The van der Waals surface area contributed by atoms with Gasteiger partial charge in [-0.2, -0.15) is 11.8 Å². The number of guanidine groups is 1. The zero-order chi connectivity index (χ0) is 15.8. The summed E-state index contributed by atoms with van der Waals surface area (Å²) in [5.74, 6) is 0.916. The molecule has 0 spiro atoms. The van der Waals surface area contributed by atoms with Crippen LogP contribution in [0.5, 0.6) is 0 Å². The van der Waals surface area contributed by atoms with Crippen molar-refractivity contribution in [3.8, 4) is 0 Å². The van der Waals surface area contributed by atoms with Crippen molar-refractivity contribution in [2.75, 3.05) is 12.8 Å². The third-order valence-corrected chi connectivity index (χ3v) is 5.24. The van der Waals surface area contributed by atoms with Gasteiger partial charge in [0, 0.05) is 24.0 Å². The highest BCUT2D eigenvalue weighted by Gasteiger charge is 2.21. The van der Waals surface area contributed by atoms with Gasteiger partial charge in [-0.1, -0.05) is 12.5 Å². The van der Waals surface area contributed by atoms with Gasteiger partial charge in [-0.3, -0.25) is 4.98 Å². The number of aromatic nitrogens is 1. The number of thioether (sulfide) groups is 1. The molecular weight excluding hydrogens is 419 g/mol. The molecule has 1 aliphatic carbocycles. The Bertz CT molecular complexity index is 495. The first-order valence-corrected chi connectivity index (χ1v) is 9.49. The van der Waals surface area contributed by atoms with Gasteiger partial charge in [0.15, 0.2) is 5.96 Å². The molecular formula is C17H29IN4S. The van der Waals surface area contributed by atoms with Crippen molar-refractivity contribution in [2.45, 2.75) is 57.4 Å². The summed E-state index contributed by atoms with van der Waals surface area (Å²) in [6.07, 6.45) is 9.18. The molecule has 1 aromatic rings. The lowest BCUT2D eigenvalue weighted by Crippen LogP contribution is -2.45. The summed E-state index contributed by atoms with van der Waals surface area (Å²) in [4.78, 5) is 9.13. The predicted octanol–water partition coefficient (Wildman–Crippen LogP) is 3.74. The van der Waals surface area contributed by atoms with Crippen LogP contribution in [0.3, 0.4) is 0 Å². The molecule has 2 N–H and O–H groups in total. The largest absolute Gasteiger partial charge is 0.357 e. The zero-order valence-corrected chi connectivity index (χ0v) is 17.5. The predicted molar refractivity (Wildman–Crippen MR) is 112 cm³/mol. The Morgan fingerprint density at radius 1 is 1.43 bits per heavy atom. The van der Waals surface area contributed by atoms with Crippen LogP contribution in [0.2, 0.25) is 0 Å². The molecule has 1 aromatic heterocycles. The summed E-state index contributed by atoms with van der Waals surface area (Å²) >= 11 is 1.99. The number of halogens is 1. The third-order valence-electron chi connectivity index (χ3n) is 4.15. The fourth-order valence-corrected chi connectivity index (χ4v) is 3.67. The molecule has 2 atom stereocenters. The second kappa shape index (κ2) is 11.1. The summed E-state index contributed by atoms with van der Waals surface area (Å²) in [5.41, 5.74) is 2.24. The molecule has 0 aliphatic heterocycles. The van der Waals surface area contributed by atoms with Crippen LogP contribution < -0.4 is 10.6 Å². The van der Waals surface area contributed by atoms with Crippen LogP contribution in [0.25, 0.3) is 0 Å². The van der Waals surface area contributed by atoms with Gasteiger partial charge in [-0.05, 0) is 51.0 Å². The highest BCUT2D eigenvalue weighted by atomic mass is 127. The van der Waals surface area contributed by atoms with Gasteiger partial charge in [0.2, 0.25) is 0 Å². The lowest BCUT2D eigenvalue weighted by atomic mass is 9.95. The standard InChI is InChI=1S/C17H28N4S.HI/c1-4-18-17(20-12-16-13(2)7-6-10-19-16)21-14-8-5-9-15(11-14)22-3;/h6-7,10,14-15H,4-5,8-9,11-12H2,1-3H3,(H2,18,20,21);1H. The lowest BCUT2D eigenvalue weighted by molar-refractivity contribution is 0.419. The van der Waals surface area contributed by atoms with E-state index in [1.165, 1.54) is 31.2 Å². The van der Waals surface area contributed by atoms with E-state index in [2.05, 4.69) is 41.8 Å². The first-order chi connectivity index (χ1) is 10.7. The van der Waals surface area contributed by atoms with E-state index in [9.17, 15) is 0 Å². The molecule has 0 bridgehead atoms. The van der Waals surface area contributed by atoms with Crippen LogP contribution in [-0.2, 0) is 6.54 Å².